The molecular formula is C16H17ClN2O5. The average Bonchev–Trinajstić information content (AvgIpc) is 2.51. The van der Waals surface area contributed by atoms with Crippen molar-refractivity contribution in [2.75, 3.05) is 13.2 Å². The van der Waals surface area contributed by atoms with Crippen LogP contribution < -0.4 is 5.32 Å². The van der Waals surface area contributed by atoms with Gasteiger partial charge in [-0.2, -0.15) is 0 Å². The number of nitrogens with zero attached hydrogens (tertiary/aromatic N) is 1. The predicted octanol–water partition coefficient (Wildman–Crippen LogP) is 2.34. The van der Waals surface area contributed by atoms with E-state index in [1.54, 1.807) is 38.1 Å². The van der Waals surface area contributed by atoms with Crippen LogP contribution in [0.2, 0.25) is 5.02 Å². The maximum Gasteiger partial charge on any atom is 0.337 e. The van der Waals surface area contributed by atoms with Crippen LogP contribution in [0.5, 0.6) is 0 Å². The fourth-order valence-corrected chi connectivity index (χ4v) is 2.92. The van der Waals surface area contributed by atoms with Crippen molar-refractivity contribution in [3.05, 3.63) is 67.6 Å². The minimum absolute atomic E-state index is 0.128. The highest BCUT2D eigenvalue weighted by atomic mass is 35.5. The summed E-state index contributed by atoms with van der Waals surface area (Å²) in [6.45, 7) is 2.71. The molecule has 1 aromatic rings. The number of hydrogen-bond acceptors (Lipinski definition) is 6. The van der Waals surface area contributed by atoms with Gasteiger partial charge in [-0.1, -0.05) is 23.7 Å². The first-order valence-electron chi connectivity index (χ1n) is 7.23. The SMILES string of the molecule is CC1=C(C(=O)OCCO)C(c2cccc(Cl)c2)C([N+](=O)[O-])=C(C)N1. The number of carbonyl (C=O) groups is 1. The second-order valence-electron chi connectivity index (χ2n) is 5.28. The van der Waals surface area contributed by atoms with Crippen LogP contribution in [0.15, 0.2) is 46.9 Å². The molecule has 0 aromatic heterocycles. The van der Waals surface area contributed by atoms with Crippen LogP contribution >= 0.6 is 11.6 Å². The number of nitrogens with one attached hydrogen (secondary N) is 1. The number of carbonyl (C=O) groups excluding carboxylic acids is 1. The van der Waals surface area contributed by atoms with E-state index < -0.39 is 16.8 Å². The monoisotopic (exact) mass is 352 g/mol. The smallest absolute Gasteiger partial charge is 0.337 e. The molecular weight excluding hydrogens is 336 g/mol. The Hall–Kier alpha value is -2.38. The second kappa shape index (κ2) is 7.46. The first kappa shape index (κ1) is 18.0. The van der Waals surface area contributed by atoms with E-state index in [0.29, 0.717) is 22.0 Å². The lowest BCUT2D eigenvalue weighted by Gasteiger charge is -2.26. The molecule has 0 amide bonds. The van der Waals surface area contributed by atoms with Gasteiger partial charge in [0.15, 0.2) is 0 Å². The molecule has 7 nitrogen and oxygen atoms in total. The second-order valence-corrected chi connectivity index (χ2v) is 5.72. The molecule has 1 unspecified atom stereocenters. The first-order chi connectivity index (χ1) is 11.4. The standard InChI is InChI=1S/C16H17ClN2O5/c1-9-13(16(21)24-7-6-20)14(11-4-3-5-12(17)8-11)15(19(22)23)10(2)18-9/h3-5,8,14,18,20H,6-7H2,1-2H3. The molecule has 0 radical (unpaired) electrons. The summed E-state index contributed by atoms with van der Waals surface area (Å²) in [5.41, 5.74) is 1.32. The Kier molecular flexibility index (Phi) is 5.58. The molecule has 8 heteroatoms. The van der Waals surface area contributed by atoms with Crippen molar-refractivity contribution in [1.82, 2.24) is 5.32 Å². The Morgan fingerprint density at radius 2 is 2.12 bits per heavy atom. The molecule has 0 spiro atoms. The lowest BCUT2D eigenvalue weighted by Crippen LogP contribution is -2.31. The number of rotatable bonds is 5. The molecule has 1 aliphatic rings. The Balaban J connectivity index is 2.59. The molecule has 1 atom stereocenters. The zero-order valence-corrected chi connectivity index (χ0v) is 14.0. The minimum atomic E-state index is -0.911. The summed E-state index contributed by atoms with van der Waals surface area (Å²) in [5, 5.41) is 23.7. The maximum atomic E-state index is 12.4. The summed E-state index contributed by atoms with van der Waals surface area (Å²) in [7, 11) is 0. The Labute approximate surface area is 143 Å². The molecule has 1 aromatic carbocycles. The van der Waals surface area contributed by atoms with Gasteiger partial charge >= 0.3 is 5.97 Å². The van der Waals surface area contributed by atoms with Crippen molar-refractivity contribution in [2.45, 2.75) is 19.8 Å². The highest BCUT2D eigenvalue weighted by Crippen LogP contribution is 2.39. The fourth-order valence-electron chi connectivity index (χ4n) is 2.72. The molecule has 1 heterocycles. The topological polar surface area (TPSA) is 102 Å². The van der Waals surface area contributed by atoms with Gasteiger partial charge in [-0.3, -0.25) is 10.1 Å². The molecule has 128 valence electrons. The van der Waals surface area contributed by atoms with Gasteiger partial charge in [-0.05, 0) is 31.5 Å². The number of esters is 1. The maximum absolute atomic E-state index is 12.4. The van der Waals surface area contributed by atoms with Gasteiger partial charge in [0.2, 0.25) is 0 Å². The molecule has 2 N–H and O–H groups in total. The van der Waals surface area contributed by atoms with Gasteiger partial charge in [0.1, 0.15) is 12.5 Å². The summed E-state index contributed by atoms with van der Waals surface area (Å²) in [6, 6.07) is 6.57. The van der Waals surface area contributed by atoms with E-state index in [2.05, 4.69) is 5.32 Å². The highest BCUT2D eigenvalue weighted by Gasteiger charge is 2.40. The van der Waals surface area contributed by atoms with Crippen LogP contribution in [-0.4, -0.2) is 29.2 Å². The molecule has 24 heavy (non-hydrogen) atoms. The van der Waals surface area contributed by atoms with E-state index in [0.717, 1.165) is 0 Å². The van der Waals surface area contributed by atoms with Gasteiger partial charge in [-0.25, -0.2) is 4.79 Å². The Bertz CT molecular complexity index is 742. The van der Waals surface area contributed by atoms with E-state index in [-0.39, 0.29) is 24.5 Å². The number of aliphatic hydroxyl groups excluding tert-OH is 1. The molecule has 2 rings (SSSR count). The minimum Gasteiger partial charge on any atom is -0.460 e. The number of allylic oxidation sites excluding steroid dienone is 3. The third-order valence-electron chi connectivity index (χ3n) is 3.65. The van der Waals surface area contributed by atoms with E-state index in [1.165, 1.54) is 0 Å². The van der Waals surface area contributed by atoms with Gasteiger partial charge in [0.25, 0.3) is 5.70 Å². The van der Waals surface area contributed by atoms with Gasteiger partial charge in [-0.15, -0.1) is 0 Å². The van der Waals surface area contributed by atoms with Crippen LogP contribution in [0.3, 0.4) is 0 Å². The van der Waals surface area contributed by atoms with Crippen molar-refractivity contribution in [2.24, 2.45) is 0 Å². The van der Waals surface area contributed by atoms with E-state index in [4.69, 9.17) is 21.4 Å². The third kappa shape index (κ3) is 3.58. The lowest BCUT2D eigenvalue weighted by molar-refractivity contribution is -0.431. The zero-order chi connectivity index (χ0) is 17.9. The Morgan fingerprint density at radius 1 is 1.42 bits per heavy atom. The van der Waals surface area contributed by atoms with Crippen LogP contribution in [0.1, 0.15) is 25.3 Å². The van der Waals surface area contributed by atoms with Gasteiger partial charge < -0.3 is 15.2 Å². The summed E-state index contributed by atoms with van der Waals surface area (Å²) in [4.78, 5) is 23.5. The lowest BCUT2D eigenvalue weighted by atomic mass is 9.84. The van der Waals surface area contributed by atoms with Crippen molar-refractivity contribution in [1.29, 1.82) is 0 Å². The summed E-state index contributed by atoms with van der Waals surface area (Å²) in [5.74, 6) is -1.63. The quantitative estimate of drug-likeness (QED) is 0.479. The molecule has 0 aliphatic carbocycles. The summed E-state index contributed by atoms with van der Waals surface area (Å²) in [6.07, 6.45) is 0. The largest absolute Gasteiger partial charge is 0.460 e. The van der Waals surface area contributed by atoms with Crippen molar-refractivity contribution in [3.8, 4) is 0 Å². The molecule has 0 saturated heterocycles. The first-order valence-corrected chi connectivity index (χ1v) is 7.61. The van der Waals surface area contributed by atoms with Crippen LogP contribution in [0, 0.1) is 10.1 Å². The van der Waals surface area contributed by atoms with E-state index in [1.807, 2.05) is 0 Å². The summed E-state index contributed by atoms with van der Waals surface area (Å²) < 4.78 is 4.98. The van der Waals surface area contributed by atoms with Crippen molar-refractivity contribution in [3.63, 3.8) is 0 Å². The number of dihydropyridines is 1. The van der Waals surface area contributed by atoms with Crippen LogP contribution in [0.4, 0.5) is 0 Å². The number of benzene rings is 1. The highest BCUT2D eigenvalue weighted by molar-refractivity contribution is 6.30. The Morgan fingerprint density at radius 3 is 2.71 bits per heavy atom. The van der Waals surface area contributed by atoms with Gasteiger partial charge in [0, 0.05) is 10.7 Å². The number of aliphatic hydroxyl groups is 1. The fraction of sp³-hybridized carbons (Fsp3) is 0.312. The van der Waals surface area contributed by atoms with Gasteiger partial charge in [0.05, 0.1) is 22.8 Å². The zero-order valence-electron chi connectivity index (χ0n) is 13.2. The normalized spacial score (nSPS) is 17.6. The molecule has 0 fully saturated rings. The predicted molar refractivity (Wildman–Crippen MR) is 87.8 cm³/mol. The van der Waals surface area contributed by atoms with E-state index in [9.17, 15) is 14.9 Å². The van der Waals surface area contributed by atoms with Crippen LogP contribution in [0.25, 0.3) is 0 Å². The average molecular weight is 353 g/mol. The summed E-state index contributed by atoms with van der Waals surface area (Å²) >= 11 is 6.01. The molecule has 0 bridgehead atoms. The third-order valence-corrected chi connectivity index (χ3v) is 3.88. The van der Waals surface area contributed by atoms with Crippen molar-refractivity contribution < 1.29 is 19.6 Å². The van der Waals surface area contributed by atoms with Crippen molar-refractivity contribution >= 4 is 17.6 Å². The molecule has 1 aliphatic heterocycles. The van der Waals surface area contributed by atoms with E-state index >= 15 is 0 Å². The number of halogens is 1. The molecule has 0 saturated carbocycles. The number of nitro groups is 1. The van der Waals surface area contributed by atoms with Crippen LogP contribution in [-0.2, 0) is 9.53 Å². The number of ether oxygens (including phenoxy) is 1. The number of hydrogen-bond donors (Lipinski definition) is 2.